The van der Waals surface area contributed by atoms with Gasteiger partial charge in [0.15, 0.2) is 0 Å². The van der Waals surface area contributed by atoms with Crippen LogP contribution >= 0.6 is 0 Å². The number of fused-ring (bicyclic) bond motifs is 2. The fourth-order valence-corrected chi connectivity index (χ4v) is 2.13. The molecule has 1 N–H and O–H groups in total. The van der Waals surface area contributed by atoms with E-state index in [4.69, 9.17) is 0 Å². The van der Waals surface area contributed by atoms with Crippen molar-refractivity contribution in [2.24, 2.45) is 0 Å². The number of aryl methyl sites for hydroxylation is 1. The van der Waals surface area contributed by atoms with Crippen LogP contribution in [0.1, 0.15) is 5.56 Å². The monoisotopic (exact) mass is 194 g/mol. The molecule has 1 nitrogen and oxygen atoms in total. The maximum Gasteiger partial charge on any atom is 0.211 e. The number of pyridine rings is 1. The van der Waals surface area contributed by atoms with E-state index in [1.165, 1.54) is 27.4 Å². The van der Waals surface area contributed by atoms with Gasteiger partial charge in [-0.3, -0.25) is 0 Å². The van der Waals surface area contributed by atoms with Gasteiger partial charge in [-0.05, 0) is 24.6 Å². The summed E-state index contributed by atoms with van der Waals surface area (Å²) in [4.78, 5) is 3.45. The summed E-state index contributed by atoms with van der Waals surface area (Å²) in [7, 11) is 0. The SMILES string of the molecule is Cc1c2ccccc2[nH+]c2ccccc12. The molecule has 0 spiro atoms. The summed E-state index contributed by atoms with van der Waals surface area (Å²) in [5, 5.41) is 2.60. The van der Waals surface area contributed by atoms with Crippen LogP contribution in [0.3, 0.4) is 0 Å². The summed E-state index contributed by atoms with van der Waals surface area (Å²) >= 11 is 0. The fourth-order valence-electron chi connectivity index (χ4n) is 2.13. The molecule has 0 saturated carbocycles. The van der Waals surface area contributed by atoms with Crippen LogP contribution in [0.4, 0.5) is 0 Å². The van der Waals surface area contributed by atoms with E-state index >= 15 is 0 Å². The Labute approximate surface area is 88.4 Å². The van der Waals surface area contributed by atoms with Crippen molar-refractivity contribution >= 4 is 21.8 Å². The van der Waals surface area contributed by atoms with Gasteiger partial charge in [0.05, 0.1) is 0 Å². The molecule has 2 aromatic carbocycles. The summed E-state index contributed by atoms with van der Waals surface area (Å²) in [6.45, 7) is 2.18. The molecule has 72 valence electrons. The first-order chi connectivity index (χ1) is 7.36. The summed E-state index contributed by atoms with van der Waals surface area (Å²) in [6, 6.07) is 16.8. The van der Waals surface area contributed by atoms with E-state index in [2.05, 4.69) is 60.4 Å². The zero-order valence-corrected chi connectivity index (χ0v) is 8.62. The maximum atomic E-state index is 3.45. The quantitative estimate of drug-likeness (QED) is 0.488. The number of para-hydroxylation sites is 2. The maximum absolute atomic E-state index is 3.45. The van der Waals surface area contributed by atoms with Crippen LogP contribution in [0.5, 0.6) is 0 Å². The molecule has 1 aromatic heterocycles. The number of hydrogen-bond donors (Lipinski definition) is 0. The highest BCUT2D eigenvalue weighted by atomic mass is 14.7. The van der Waals surface area contributed by atoms with Crippen LogP contribution in [0, 0.1) is 6.92 Å². The molecule has 15 heavy (non-hydrogen) atoms. The van der Waals surface area contributed by atoms with Gasteiger partial charge in [0.25, 0.3) is 0 Å². The Bertz CT molecular complexity index is 587. The average Bonchev–Trinajstić information content (AvgIpc) is 2.30. The van der Waals surface area contributed by atoms with Crippen LogP contribution in [-0.2, 0) is 0 Å². The zero-order chi connectivity index (χ0) is 10.3. The van der Waals surface area contributed by atoms with Crippen LogP contribution in [0.25, 0.3) is 21.8 Å². The first-order valence-electron chi connectivity index (χ1n) is 5.15. The Hall–Kier alpha value is -1.89. The third-order valence-electron chi connectivity index (χ3n) is 2.93. The minimum Gasteiger partial charge on any atom is -0.204 e. The highest BCUT2D eigenvalue weighted by Crippen LogP contribution is 2.21. The van der Waals surface area contributed by atoms with Gasteiger partial charge in [-0.2, -0.15) is 0 Å². The summed E-state index contributed by atoms with van der Waals surface area (Å²) in [5.74, 6) is 0. The highest BCUT2D eigenvalue weighted by molar-refractivity contribution is 5.93. The van der Waals surface area contributed by atoms with E-state index in [0.29, 0.717) is 0 Å². The molecule has 3 rings (SSSR count). The second kappa shape index (κ2) is 3.06. The summed E-state index contributed by atoms with van der Waals surface area (Å²) < 4.78 is 0. The molecule has 1 heterocycles. The number of nitrogens with one attached hydrogen (secondary N) is 1. The van der Waals surface area contributed by atoms with Crippen LogP contribution in [0.2, 0.25) is 0 Å². The second-order valence-corrected chi connectivity index (χ2v) is 3.84. The van der Waals surface area contributed by atoms with Crippen molar-refractivity contribution in [2.45, 2.75) is 6.92 Å². The lowest BCUT2D eigenvalue weighted by Gasteiger charge is -2.00. The molecule has 3 aromatic rings. The number of H-pyrrole nitrogens is 1. The third-order valence-corrected chi connectivity index (χ3v) is 2.93. The van der Waals surface area contributed by atoms with E-state index in [0.717, 1.165) is 0 Å². The lowest BCUT2D eigenvalue weighted by Crippen LogP contribution is -2.06. The molecule has 0 unspecified atom stereocenters. The Morgan fingerprint density at radius 3 is 1.73 bits per heavy atom. The molecular formula is C14H12N+. The normalized spacial score (nSPS) is 11.0. The molecule has 0 aliphatic heterocycles. The predicted molar refractivity (Wildman–Crippen MR) is 62.7 cm³/mol. The minimum absolute atomic E-state index is 1.20. The molecule has 0 saturated heterocycles. The van der Waals surface area contributed by atoms with Gasteiger partial charge in [0.1, 0.15) is 0 Å². The number of rotatable bonds is 0. The number of hydrogen-bond acceptors (Lipinski definition) is 0. The fraction of sp³-hybridized carbons (Fsp3) is 0.0714. The van der Waals surface area contributed by atoms with Gasteiger partial charge in [-0.15, -0.1) is 0 Å². The molecule has 0 aliphatic carbocycles. The van der Waals surface area contributed by atoms with E-state index < -0.39 is 0 Å². The number of aromatic nitrogens is 1. The van der Waals surface area contributed by atoms with Gasteiger partial charge < -0.3 is 0 Å². The topological polar surface area (TPSA) is 14.1 Å². The van der Waals surface area contributed by atoms with Crippen LogP contribution in [0.15, 0.2) is 48.5 Å². The molecule has 1 heteroatoms. The van der Waals surface area contributed by atoms with Crippen molar-refractivity contribution in [3.63, 3.8) is 0 Å². The van der Waals surface area contributed by atoms with Crippen molar-refractivity contribution in [2.75, 3.05) is 0 Å². The molecular weight excluding hydrogens is 182 g/mol. The number of benzene rings is 2. The van der Waals surface area contributed by atoms with Gasteiger partial charge in [0.2, 0.25) is 11.0 Å². The van der Waals surface area contributed by atoms with E-state index in [1.807, 2.05) is 0 Å². The van der Waals surface area contributed by atoms with Crippen molar-refractivity contribution in [3.05, 3.63) is 54.1 Å². The predicted octanol–water partition coefficient (Wildman–Crippen LogP) is 3.12. The zero-order valence-electron chi connectivity index (χ0n) is 8.62. The van der Waals surface area contributed by atoms with Crippen LogP contribution in [-0.4, -0.2) is 0 Å². The van der Waals surface area contributed by atoms with Crippen molar-refractivity contribution < 1.29 is 4.98 Å². The summed E-state index contributed by atoms with van der Waals surface area (Å²) in [6.07, 6.45) is 0. The smallest absolute Gasteiger partial charge is 0.204 e. The summed E-state index contributed by atoms with van der Waals surface area (Å²) in [5.41, 5.74) is 3.75. The lowest BCUT2D eigenvalue weighted by atomic mass is 10.0. The van der Waals surface area contributed by atoms with Crippen molar-refractivity contribution in [1.29, 1.82) is 0 Å². The Morgan fingerprint density at radius 1 is 0.733 bits per heavy atom. The molecule has 0 bridgehead atoms. The van der Waals surface area contributed by atoms with Crippen LogP contribution < -0.4 is 4.98 Å². The molecule has 0 radical (unpaired) electrons. The Morgan fingerprint density at radius 2 is 1.20 bits per heavy atom. The van der Waals surface area contributed by atoms with Crippen molar-refractivity contribution in [1.82, 2.24) is 0 Å². The third kappa shape index (κ3) is 1.20. The number of aromatic amines is 1. The molecule has 0 fully saturated rings. The molecule has 0 atom stereocenters. The second-order valence-electron chi connectivity index (χ2n) is 3.84. The Kier molecular flexibility index (Phi) is 1.72. The van der Waals surface area contributed by atoms with Gasteiger partial charge in [0, 0.05) is 22.9 Å². The van der Waals surface area contributed by atoms with Gasteiger partial charge in [-0.25, -0.2) is 4.98 Å². The molecule has 0 aliphatic rings. The van der Waals surface area contributed by atoms with E-state index in [1.54, 1.807) is 0 Å². The average molecular weight is 194 g/mol. The van der Waals surface area contributed by atoms with E-state index in [-0.39, 0.29) is 0 Å². The van der Waals surface area contributed by atoms with Crippen molar-refractivity contribution in [3.8, 4) is 0 Å². The Balaban J connectivity index is 2.60. The lowest BCUT2D eigenvalue weighted by molar-refractivity contribution is -0.310. The first-order valence-corrected chi connectivity index (χ1v) is 5.15. The first kappa shape index (κ1) is 8.42. The van der Waals surface area contributed by atoms with Gasteiger partial charge >= 0.3 is 0 Å². The largest absolute Gasteiger partial charge is 0.211 e. The highest BCUT2D eigenvalue weighted by Gasteiger charge is 2.08. The standard InChI is InChI=1S/C14H11N/c1-10-11-6-2-4-8-13(11)15-14-9-5-3-7-12(10)14/h2-9H,1H3/p+1. The molecule has 0 amide bonds. The van der Waals surface area contributed by atoms with E-state index in [9.17, 15) is 0 Å². The minimum atomic E-state index is 1.20. The van der Waals surface area contributed by atoms with Gasteiger partial charge in [-0.1, -0.05) is 24.3 Å².